The number of nitrogens with one attached hydrogen (secondary N) is 1. The van der Waals surface area contributed by atoms with Gasteiger partial charge in [-0.05, 0) is 19.1 Å². The van der Waals surface area contributed by atoms with E-state index in [1.165, 1.54) is 0 Å². The van der Waals surface area contributed by atoms with Gasteiger partial charge < -0.3 is 10.4 Å². The Hall–Kier alpha value is -1.42. The fourth-order valence-corrected chi connectivity index (χ4v) is 1.13. The Bertz CT molecular complexity index is 287. The molecule has 1 atom stereocenters. The van der Waals surface area contributed by atoms with Crippen LogP contribution in [0.4, 0.5) is 0 Å². The first-order valence-corrected chi connectivity index (χ1v) is 4.56. The number of carboxylic acids is 1. The Morgan fingerprint density at radius 2 is 2.43 bits per heavy atom. The maximum Gasteiger partial charge on any atom is 0.304 e. The van der Waals surface area contributed by atoms with E-state index in [4.69, 9.17) is 5.11 Å². The average Bonchev–Trinajstić information content (AvgIpc) is 2.18. The van der Waals surface area contributed by atoms with Crippen molar-refractivity contribution in [3.63, 3.8) is 0 Å². The van der Waals surface area contributed by atoms with Crippen molar-refractivity contribution in [3.8, 4) is 0 Å². The summed E-state index contributed by atoms with van der Waals surface area (Å²) in [6.45, 7) is 2.43. The molecular formula is C10H14N2O2. The second-order valence-electron chi connectivity index (χ2n) is 3.07. The summed E-state index contributed by atoms with van der Waals surface area (Å²) in [7, 11) is 0. The van der Waals surface area contributed by atoms with E-state index in [1.54, 1.807) is 6.20 Å². The van der Waals surface area contributed by atoms with Gasteiger partial charge in [-0.2, -0.15) is 0 Å². The topological polar surface area (TPSA) is 62.2 Å². The summed E-state index contributed by atoms with van der Waals surface area (Å²) in [4.78, 5) is 14.4. The molecule has 0 saturated carbocycles. The number of aromatic nitrogens is 1. The zero-order valence-electron chi connectivity index (χ0n) is 8.10. The Morgan fingerprint density at radius 1 is 1.64 bits per heavy atom. The van der Waals surface area contributed by atoms with E-state index in [-0.39, 0.29) is 12.5 Å². The van der Waals surface area contributed by atoms with Crippen LogP contribution in [-0.2, 0) is 4.79 Å². The van der Waals surface area contributed by atoms with Crippen molar-refractivity contribution in [3.05, 3.63) is 30.1 Å². The highest BCUT2D eigenvalue weighted by molar-refractivity contribution is 5.66. The van der Waals surface area contributed by atoms with Gasteiger partial charge in [-0.3, -0.25) is 9.78 Å². The predicted octanol–water partition coefficient (Wildman–Crippen LogP) is 1.21. The van der Waals surface area contributed by atoms with Gasteiger partial charge >= 0.3 is 5.97 Å². The van der Waals surface area contributed by atoms with Crippen molar-refractivity contribution in [2.45, 2.75) is 19.4 Å². The van der Waals surface area contributed by atoms with E-state index in [0.29, 0.717) is 6.54 Å². The van der Waals surface area contributed by atoms with Gasteiger partial charge in [0.15, 0.2) is 0 Å². The van der Waals surface area contributed by atoms with Crippen LogP contribution >= 0.6 is 0 Å². The van der Waals surface area contributed by atoms with E-state index in [0.717, 1.165) is 5.69 Å². The molecule has 4 nitrogen and oxygen atoms in total. The highest BCUT2D eigenvalue weighted by Crippen LogP contribution is 2.06. The average molecular weight is 194 g/mol. The van der Waals surface area contributed by atoms with Crippen molar-refractivity contribution < 1.29 is 9.90 Å². The number of nitrogens with zero attached hydrogens (tertiary/aromatic N) is 1. The van der Waals surface area contributed by atoms with Crippen LogP contribution in [-0.4, -0.2) is 22.6 Å². The Balaban J connectivity index is 2.36. The SMILES string of the molecule is C[C@H](NCCC(=O)O)c1ccccn1. The van der Waals surface area contributed by atoms with Crippen LogP contribution in [0.15, 0.2) is 24.4 Å². The molecular weight excluding hydrogens is 180 g/mol. The second kappa shape index (κ2) is 5.34. The molecule has 0 saturated heterocycles. The lowest BCUT2D eigenvalue weighted by Crippen LogP contribution is -2.22. The molecule has 0 aliphatic rings. The molecule has 0 aliphatic heterocycles. The first-order valence-electron chi connectivity index (χ1n) is 4.56. The third-order valence-electron chi connectivity index (χ3n) is 1.92. The molecule has 76 valence electrons. The highest BCUT2D eigenvalue weighted by Gasteiger charge is 2.05. The Labute approximate surface area is 83.0 Å². The summed E-state index contributed by atoms with van der Waals surface area (Å²) in [6.07, 6.45) is 1.86. The van der Waals surface area contributed by atoms with E-state index in [1.807, 2.05) is 25.1 Å². The molecule has 0 amide bonds. The summed E-state index contributed by atoms with van der Waals surface area (Å²) < 4.78 is 0. The van der Waals surface area contributed by atoms with Crippen molar-refractivity contribution in [2.75, 3.05) is 6.54 Å². The van der Waals surface area contributed by atoms with Gasteiger partial charge in [0.2, 0.25) is 0 Å². The molecule has 4 heteroatoms. The number of carboxylic acid groups (broad SMARTS) is 1. The first-order chi connectivity index (χ1) is 6.70. The lowest BCUT2D eigenvalue weighted by atomic mass is 10.2. The van der Waals surface area contributed by atoms with Crippen LogP contribution < -0.4 is 5.32 Å². The minimum absolute atomic E-state index is 0.0931. The zero-order chi connectivity index (χ0) is 10.4. The maximum absolute atomic E-state index is 10.3. The van der Waals surface area contributed by atoms with E-state index >= 15 is 0 Å². The van der Waals surface area contributed by atoms with Crippen molar-refractivity contribution in [1.29, 1.82) is 0 Å². The lowest BCUT2D eigenvalue weighted by Gasteiger charge is -2.11. The lowest BCUT2D eigenvalue weighted by molar-refractivity contribution is -0.136. The minimum Gasteiger partial charge on any atom is -0.481 e. The molecule has 0 unspecified atom stereocenters. The van der Waals surface area contributed by atoms with Crippen LogP contribution in [0.5, 0.6) is 0 Å². The van der Waals surface area contributed by atoms with Crippen molar-refractivity contribution in [2.24, 2.45) is 0 Å². The van der Waals surface area contributed by atoms with Crippen LogP contribution in [0, 0.1) is 0 Å². The third kappa shape index (κ3) is 3.53. The molecule has 0 aromatic carbocycles. The minimum atomic E-state index is -0.786. The number of aliphatic carboxylic acids is 1. The van der Waals surface area contributed by atoms with E-state index in [2.05, 4.69) is 10.3 Å². The molecule has 1 rings (SSSR count). The molecule has 0 spiro atoms. The van der Waals surface area contributed by atoms with Gasteiger partial charge in [-0.1, -0.05) is 6.07 Å². The van der Waals surface area contributed by atoms with Gasteiger partial charge in [-0.15, -0.1) is 0 Å². The normalized spacial score (nSPS) is 12.4. The van der Waals surface area contributed by atoms with Crippen LogP contribution in [0.3, 0.4) is 0 Å². The molecule has 1 aromatic rings. The molecule has 14 heavy (non-hydrogen) atoms. The quantitative estimate of drug-likeness (QED) is 0.739. The number of rotatable bonds is 5. The summed E-state index contributed by atoms with van der Waals surface area (Å²) in [6, 6.07) is 5.78. The first kappa shape index (κ1) is 10.7. The maximum atomic E-state index is 10.3. The smallest absolute Gasteiger partial charge is 0.304 e. The zero-order valence-corrected chi connectivity index (χ0v) is 8.10. The predicted molar refractivity (Wildman–Crippen MR) is 52.9 cm³/mol. The van der Waals surface area contributed by atoms with Gasteiger partial charge in [0, 0.05) is 18.8 Å². The fourth-order valence-electron chi connectivity index (χ4n) is 1.13. The van der Waals surface area contributed by atoms with Crippen molar-refractivity contribution in [1.82, 2.24) is 10.3 Å². The summed E-state index contributed by atoms with van der Waals surface area (Å²) in [5.74, 6) is -0.786. The standard InChI is InChI=1S/C10H14N2O2/c1-8(11-7-5-10(13)14)9-4-2-3-6-12-9/h2-4,6,8,11H,5,7H2,1H3,(H,13,14)/t8-/m0/s1. The van der Waals surface area contributed by atoms with Gasteiger partial charge in [0.05, 0.1) is 12.1 Å². The molecule has 0 aliphatic carbocycles. The van der Waals surface area contributed by atoms with Crippen molar-refractivity contribution >= 4 is 5.97 Å². The molecule has 0 radical (unpaired) electrons. The number of hydrogen-bond acceptors (Lipinski definition) is 3. The number of pyridine rings is 1. The summed E-state index contributed by atoms with van der Waals surface area (Å²) in [5, 5.41) is 11.5. The van der Waals surface area contributed by atoms with Gasteiger partial charge in [0.1, 0.15) is 0 Å². The van der Waals surface area contributed by atoms with E-state index in [9.17, 15) is 4.79 Å². The number of carbonyl (C=O) groups is 1. The fraction of sp³-hybridized carbons (Fsp3) is 0.400. The summed E-state index contributed by atoms with van der Waals surface area (Å²) >= 11 is 0. The van der Waals surface area contributed by atoms with Crippen LogP contribution in [0.25, 0.3) is 0 Å². The largest absolute Gasteiger partial charge is 0.481 e. The van der Waals surface area contributed by atoms with Gasteiger partial charge in [0.25, 0.3) is 0 Å². The molecule has 2 N–H and O–H groups in total. The molecule has 1 heterocycles. The van der Waals surface area contributed by atoms with E-state index < -0.39 is 5.97 Å². The molecule has 1 aromatic heterocycles. The number of hydrogen-bond donors (Lipinski definition) is 2. The Kier molecular flexibility index (Phi) is 4.07. The summed E-state index contributed by atoms with van der Waals surface area (Å²) in [5.41, 5.74) is 0.929. The monoisotopic (exact) mass is 194 g/mol. The molecule has 0 bridgehead atoms. The molecule has 0 fully saturated rings. The second-order valence-corrected chi connectivity index (χ2v) is 3.07. The highest BCUT2D eigenvalue weighted by atomic mass is 16.4. The Morgan fingerprint density at radius 3 is 3.00 bits per heavy atom. The van der Waals surface area contributed by atoms with Crippen LogP contribution in [0.1, 0.15) is 25.1 Å². The van der Waals surface area contributed by atoms with Crippen LogP contribution in [0.2, 0.25) is 0 Å². The third-order valence-corrected chi connectivity index (χ3v) is 1.92. The van der Waals surface area contributed by atoms with Gasteiger partial charge in [-0.25, -0.2) is 0 Å².